The summed E-state index contributed by atoms with van der Waals surface area (Å²) in [6.07, 6.45) is 3.00. The van der Waals surface area contributed by atoms with Crippen LogP contribution in [0.15, 0.2) is 24.3 Å². The van der Waals surface area contributed by atoms with Gasteiger partial charge in [0.15, 0.2) is 0 Å². The number of hydrogen-bond acceptors (Lipinski definition) is 3. The molecule has 1 aliphatic carbocycles. The smallest absolute Gasteiger partial charge is 0.326 e. The van der Waals surface area contributed by atoms with Gasteiger partial charge in [-0.1, -0.05) is 12.5 Å². The first-order chi connectivity index (χ1) is 10.1. The topological polar surface area (TPSA) is 66.8 Å². The van der Waals surface area contributed by atoms with Crippen LogP contribution in [0.5, 0.6) is 5.75 Å². The number of methoxy groups -OCH3 is 1. The third kappa shape index (κ3) is 2.37. The fourth-order valence-corrected chi connectivity index (χ4v) is 3.75. The minimum Gasteiger partial charge on any atom is -0.497 e. The summed E-state index contributed by atoms with van der Waals surface area (Å²) < 4.78 is 5.13. The van der Waals surface area contributed by atoms with Crippen LogP contribution in [0, 0.1) is 11.8 Å². The molecule has 112 valence electrons. The largest absolute Gasteiger partial charge is 0.497 e. The summed E-state index contributed by atoms with van der Waals surface area (Å²) >= 11 is 0. The fourth-order valence-electron chi connectivity index (χ4n) is 3.75. The summed E-state index contributed by atoms with van der Waals surface area (Å²) in [6.45, 7) is 0.553. The number of carboxylic acids is 1. The van der Waals surface area contributed by atoms with E-state index in [1.807, 2.05) is 0 Å². The first-order valence-corrected chi connectivity index (χ1v) is 7.29. The van der Waals surface area contributed by atoms with Crippen molar-refractivity contribution in [2.75, 3.05) is 13.7 Å². The number of likely N-dealkylation sites (tertiary alicyclic amines) is 1. The maximum atomic E-state index is 12.7. The van der Waals surface area contributed by atoms with Gasteiger partial charge in [0.05, 0.1) is 7.11 Å². The van der Waals surface area contributed by atoms with Gasteiger partial charge in [-0.3, -0.25) is 4.79 Å². The van der Waals surface area contributed by atoms with Crippen LogP contribution >= 0.6 is 0 Å². The van der Waals surface area contributed by atoms with Crippen molar-refractivity contribution in [2.45, 2.75) is 25.3 Å². The number of carbonyl (C=O) groups excluding carboxylic acids is 1. The lowest BCUT2D eigenvalue weighted by atomic mass is 9.94. The molecule has 2 fully saturated rings. The Labute approximate surface area is 123 Å². The van der Waals surface area contributed by atoms with E-state index in [0.29, 0.717) is 23.8 Å². The Kier molecular flexibility index (Phi) is 3.57. The van der Waals surface area contributed by atoms with Crippen molar-refractivity contribution in [1.82, 2.24) is 4.90 Å². The molecule has 1 saturated carbocycles. The number of carbonyl (C=O) groups is 2. The molecule has 1 heterocycles. The molecule has 3 unspecified atom stereocenters. The first kappa shape index (κ1) is 13.9. The molecule has 5 nitrogen and oxygen atoms in total. The van der Waals surface area contributed by atoms with Crippen LogP contribution in [-0.4, -0.2) is 41.6 Å². The molecule has 0 radical (unpaired) electrons. The third-order valence-electron chi connectivity index (χ3n) is 4.72. The maximum Gasteiger partial charge on any atom is 0.326 e. The van der Waals surface area contributed by atoms with Gasteiger partial charge in [-0.25, -0.2) is 4.79 Å². The van der Waals surface area contributed by atoms with Gasteiger partial charge in [0.1, 0.15) is 11.8 Å². The zero-order chi connectivity index (χ0) is 15.0. The summed E-state index contributed by atoms with van der Waals surface area (Å²) in [5.41, 5.74) is 0.487. The number of fused-ring (bicyclic) bond motifs is 1. The molecule has 0 spiro atoms. The monoisotopic (exact) mass is 289 g/mol. The lowest BCUT2D eigenvalue weighted by Crippen LogP contribution is -2.43. The minimum atomic E-state index is -0.888. The number of rotatable bonds is 3. The second-order valence-electron chi connectivity index (χ2n) is 5.83. The van der Waals surface area contributed by atoms with Crippen LogP contribution in [0.3, 0.4) is 0 Å². The summed E-state index contributed by atoms with van der Waals surface area (Å²) in [5, 5.41) is 9.51. The molecule has 5 heteroatoms. The highest BCUT2D eigenvalue weighted by atomic mass is 16.5. The predicted octanol–water partition coefficient (Wildman–Crippen LogP) is 2.02. The molecule has 1 aromatic rings. The van der Waals surface area contributed by atoms with Gasteiger partial charge in [-0.05, 0) is 42.9 Å². The Morgan fingerprint density at radius 1 is 1.33 bits per heavy atom. The van der Waals surface area contributed by atoms with Crippen molar-refractivity contribution in [3.8, 4) is 5.75 Å². The number of nitrogens with zero attached hydrogens (tertiary/aromatic N) is 1. The highest BCUT2D eigenvalue weighted by Gasteiger charge is 2.49. The van der Waals surface area contributed by atoms with E-state index < -0.39 is 12.0 Å². The molecule has 21 heavy (non-hydrogen) atoms. The predicted molar refractivity (Wildman–Crippen MR) is 76.3 cm³/mol. The Morgan fingerprint density at radius 3 is 2.86 bits per heavy atom. The Bertz CT molecular complexity index is 571. The standard InChI is InChI=1S/C16H19NO4/c1-21-12-6-2-4-10(8-12)15(18)17-9-11-5-3-7-13(11)14(17)16(19)20/h2,4,6,8,11,13-14H,3,5,7,9H2,1H3,(H,19,20). The molecule has 0 bridgehead atoms. The van der Waals surface area contributed by atoms with Crippen LogP contribution in [-0.2, 0) is 4.79 Å². The highest BCUT2D eigenvalue weighted by molar-refractivity contribution is 5.97. The number of aliphatic carboxylic acids is 1. The summed E-state index contributed by atoms with van der Waals surface area (Å²) in [7, 11) is 1.55. The zero-order valence-electron chi connectivity index (χ0n) is 12.0. The Morgan fingerprint density at radius 2 is 2.14 bits per heavy atom. The Hall–Kier alpha value is -2.04. The lowest BCUT2D eigenvalue weighted by molar-refractivity contribution is -0.142. The lowest BCUT2D eigenvalue weighted by Gasteiger charge is -2.24. The van der Waals surface area contributed by atoms with Crippen molar-refractivity contribution in [1.29, 1.82) is 0 Å². The number of carboxylic acid groups (broad SMARTS) is 1. The van der Waals surface area contributed by atoms with E-state index in [9.17, 15) is 14.7 Å². The van der Waals surface area contributed by atoms with E-state index in [4.69, 9.17) is 4.74 Å². The summed E-state index contributed by atoms with van der Waals surface area (Å²) in [6, 6.07) is 6.20. The quantitative estimate of drug-likeness (QED) is 0.924. The van der Waals surface area contributed by atoms with Gasteiger partial charge in [-0.2, -0.15) is 0 Å². The van der Waals surface area contributed by atoms with Gasteiger partial charge < -0.3 is 14.7 Å². The average molecular weight is 289 g/mol. The second kappa shape index (κ2) is 5.39. The summed E-state index contributed by atoms with van der Waals surface area (Å²) in [5.74, 6) is -0.0545. The van der Waals surface area contributed by atoms with E-state index in [2.05, 4.69) is 0 Å². The summed E-state index contributed by atoms with van der Waals surface area (Å²) in [4.78, 5) is 25.8. The van der Waals surface area contributed by atoms with Crippen LogP contribution in [0.1, 0.15) is 29.6 Å². The van der Waals surface area contributed by atoms with Crippen molar-refractivity contribution < 1.29 is 19.4 Å². The molecular weight excluding hydrogens is 270 g/mol. The van der Waals surface area contributed by atoms with Gasteiger partial charge in [0, 0.05) is 12.1 Å². The molecular formula is C16H19NO4. The molecule has 1 aromatic carbocycles. The van der Waals surface area contributed by atoms with E-state index in [-0.39, 0.29) is 11.8 Å². The van der Waals surface area contributed by atoms with Gasteiger partial charge in [0.25, 0.3) is 5.91 Å². The average Bonchev–Trinajstić information content (AvgIpc) is 3.06. The second-order valence-corrected chi connectivity index (χ2v) is 5.83. The van der Waals surface area contributed by atoms with Crippen molar-refractivity contribution in [2.24, 2.45) is 11.8 Å². The number of amides is 1. The van der Waals surface area contributed by atoms with E-state index in [0.717, 1.165) is 19.3 Å². The van der Waals surface area contributed by atoms with E-state index in [1.54, 1.807) is 31.4 Å². The molecule has 1 aliphatic heterocycles. The third-order valence-corrected chi connectivity index (χ3v) is 4.72. The van der Waals surface area contributed by atoms with Crippen LogP contribution in [0.25, 0.3) is 0 Å². The van der Waals surface area contributed by atoms with Gasteiger partial charge >= 0.3 is 5.97 Å². The molecule has 1 amide bonds. The van der Waals surface area contributed by atoms with Crippen molar-refractivity contribution in [3.63, 3.8) is 0 Å². The normalized spacial score (nSPS) is 27.5. The fraction of sp³-hybridized carbons (Fsp3) is 0.500. The van der Waals surface area contributed by atoms with E-state index in [1.165, 1.54) is 4.90 Å². The van der Waals surface area contributed by atoms with Gasteiger partial charge in [0.2, 0.25) is 0 Å². The van der Waals surface area contributed by atoms with E-state index >= 15 is 0 Å². The zero-order valence-corrected chi connectivity index (χ0v) is 12.0. The first-order valence-electron chi connectivity index (χ1n) is 7.29. The molecule has 3 atom stereocenters. The maximum absolute atomic E-state index is 12.7. The number of ether oxygens (including phenoxy) is 1. The highest BCUT2D eigenvalue weighted by Crippen LogP contribution is 2.42. The molecule has 1 N–H and O–H groups in total. The van der Waals surface area contributed by atoms with Crippen molar-refractivity contribution >= 4 is 11.9 Å². The SMILES string of the molecule is COc1cccc(C(=O)N2CC3CCCC3C2C(=O)O)c1. The van der Waals surface area contributed by atoms with Crippen molar-refractivity contribution in [3.05, 3.63) is 29.8 Å². The van der Waals surface area contributed by atoms with Crippen LogP contribution < -0.4 is 4.74 Å². The van der Waals surface area contributed by atoms with Crippen LogP contribution in [0.2, 0.25) is 0 Å². The molecule has 1 saturated heterocycles. The van der Waals surface area contributed by atoms with Gasteiger partial charge in [-0.15, -0.1) is 0 Å². The van der Waals surface area contributed by atoms with Crippen LogP contribution in [0.4, 0.5) is 0 Å². The minimum absolute atomic E-state index is 0.108. The number of hydrogen-bond donors (Lipinski definition) is 1. The Balaban J connectivity index is 1.87. The molecule has 2 aliphatic rings. The molecule has 0 aromatic heterocycles. The number of benzene rings is 1. The molecule has 3 rings (SSSR count).